The fourth-order valence-electron chi connectivity index (χ4n) is 1.05. The van der Waals surface area contributed by atoms with Crippen LogP contribution in [0.3, 0.4) is 0 Å². The smallest absolute Gasteiger partial charge is 0.308 e. The lowest BCUT2D eigenvalue weighted by atomic mass is 10.2. The monoisotopic (exact) mass is 188 g/mol. The first kappa shape index (κ1) is 10.3. The second-order valence-electron chi connectivity index (χ2n) is 2.73. The number of allylic oxidation sites excluding steroid dienone is 2. The maximum absolute atomic E-state index is 10.8. The average molecular weight is 188 g/mol. The first-order chi connectivity index (χ1) is 6.74. The molecule has 0 aliphatic rings. The summed E-state index contributed by atoms with van der Waals surface area (Å²) < 4.78 is 5.03. The zero-order chi connectivity index (χ0) is 10.4. The summed E-state index contributed by atoms with van der Waals surface area (Å²) in [5, 5.41) is 0. The van der Waals surface area contributed by atoms with Crippen LogP contribution in [0.15, 0.2) is 49.1 Å². The van der Waals surface area contributed by atoms with E-state index in [9.17, 15) is 4.79 Å². The second-order valence-corrected chi connectivity index (χ2v) is 2.73. The molecular weight excluding hydrogens is 176 g/mol. The number of rotatable bonds is 3. The molecule has 1 aromatic rings. The van der Waals surface area contributed by atoms with Gasteiger partial charge in [-0.25, -0.2) is 0 Å². The molecular formula is C12H12O2. The minimum Gasteiger partial charge on any atom is -0.426 e. The van der Waals surface area contributed by atoms with Crippen LogP contribution in [0.25, 0.3) is 5.76 Å². The molecule has 0 heterocycles. The number of carbonyl (C=O) groups is 1. The van der Waals surface area contributed by atoms with Gasteiger partial charge in [0.05, 0.1) is 0 Å². The van der Waals surface area contributed by atoms with Crippen molar-refractivity contribution in [2.75, 3.05) is 0 Å². The quantitative estimate of drug-likeness (QED) is 0.414. The van der Waals surface area contributed by atoms with Gasteiger partial charge in [0.25, 0.3) is 0 Å². The summed E-state index contributed by atoms with van der Waals surface area (Å²) in [7, 11) is 0. The number of ether oxygens (including phenoxy) is 1. The first-order valence-electron chi connectivity index (χ1n) is 4.30. The van der Waals surface area contributed by atoms with Gasteiger partial charge in [0.2, 0.25) is 0 Å². The first-order valence-corrected chi connectivity index (χ1v) is 4.30. The predicted molar refractivity (Wildman–Crippen MR) is 56.4 cm³/mol. The van der Waals surface area contributed by atoms with Gasteiger partial charge in [-0.1, -0.05) is 43.0 Å². The Balaban J connectivity index is 2.95. The highest BCUT2D eigenvalue weighted by atomic mass is 16.5. The van der Waals surface area contributed by atoms with Crippen LogP contribution in [0.1, 0.15) is 12.5 Å². The van der Waals surface area contributed by atoms with Gasteiger partial charge in [-0.3, -0.25) is 4.79 Å². The zero-order valence-electron chi connectivity index (χ0n) is 8.07. The van der Waals surface area contributed by atoms with E-state index in [0.29, 0.717) is 5.76 Å². The third-order valence-electron chi connectivity index (χ3n) is 1.58. The molecule has 0 bridgehead atoms. The van der Waals surface area contributed by atoms with Crippen LogP contribution in [0.2, 0.25) is 0 Å². The standard InChI is InChI=1S/C12H12O2/c1-3-7-12(14-10(2)13)11-8-5-4-6-9-11/h3-9H,1H2,2H3. The molecule has 1 rings (SSSR count). The van der Waals surface area contributed by atoms with Crippen molar-refractivity contribution in [3.8, 4) is 0 Å². The Morgan fingerprint density at radius 1 is 1.36 bits per heavy atom. The molecule has 0 unspecified atom stereocenters. The third-order valence-corrected chi connectivity index (χ3v) is 1.58. The van der Waals surface area contributed by atoms with Crippen LogP contribution in [-0.4, -0.2) is 5.97 Å². The van der Waals surface area contributed by atoms with Crippen LogP contribution in [0, 0.1) is 0 Å². The van der Waals surface area contributed by atoms with Gasteiger partial charge < -0.3 is 4.74 Å². The number of carbonyl (C=O) groups excluding carboxylic acids is 1. The summed E-state index contributed by atoms with van der Waals surface area (Å²) in [5.41, 5.74) is 0.864. The summed E-state index contributed by atoms with van der Waals surface area (Å²) >= 11 is 0. The molecule has 0 spiro atoms. The number of hydrogen-bond acceptors (Lipinski definition) is 2. The second kappa shape index (κ2) is 5.02. The maximum atomic E-state index is 10.8. The van der Waals surface area contributed by atoms with Crippen LogP contribution < -0.4 is 0 Å². The lowest BCUT2D eigenvalue weighted by Crippen LogP contribution is -1.97. The molecule has 14 heavy (non-hydrogen) atoms. The van der Waals surface area contributed by atoms with Crippen molar-refractivity contribution < 1.29 is 9.53 Å². The molecule has 0 amide bonds. The summed E-state index contributed by atoms with van der Waals surface area (Å²) in [6.07, 6.45) is 3.25. The Bertz CT molecular complexity index is 350. The molecule has 0 fully saturated rings. The van der Waals surface area contributed by atoms with Crippen molar-refractivity contribution in [2.24, 2.45) is 0 Å². The highest BCUT2D eigenvalue weighted by molar-refractivity contribution is 5.76. The Labute approximate surface area is 83.5 Å². The Kier molecular flexibility index (Phi) is 3.68. The molecule has 2 heteroatoms. The molecule has 2 nitrogen and oxygen atoms in total. The van der Waals surface area contributed by atoms with Gasteiger partial charge in [0.15, 0.2) is 0 Å². The third kappa shape index (κ3) is 2.90. The van der Waals surface area contributed by atoms with Gasteiger partial charge in [-0.15, -0.1) is 0 Å². The fraction of sp³-hybridized carbons (Fsp3) is 0.0833. The van der Waals surface area contributed by atoms with E-state index in [0.717, 1.165) is 5.56 Å². The zero-order valence-corrected chi connectivity index (χ0v) is 8.07. The van der Waals surface area contributed by atoms with E-state index in [-0.39, 0.29) is 5.97 Å². The molecule has 0 atom stereocenters. The lowest BCUT2D eigenvalue weighted by molar-refractivity contribution is -0.134. The molecule has 72 valence electrons. The highest BCUT2D eigenvalue weighted by Crippen LogP contribution is 2.15. The maximum Gasteiger partial charge on any atom is 0.308 e. The summed E-state index contributed by atoms with van der Waals surface area (Å²) in [5.74, 6) is 0.190. The molecule has 0 radical (unpaired) electrons. The van der Waals surface area contributed by atoms with Crippen LogP contribution in [-0.2, 0) is 9.53 Å². The topological polar surface area (TPSA) is 26.3 Å². The number of esters is 1. The Morgan fingerprint density at radius 3 is 2.50 bits per heavy atom. The van der Waals surface area contributed by atoms with Gasteiger partial charge >= 0.3 is 5.97 Å². The average Bonchev–Trinajstić information content (AvgIpc) is 2.18. The molecule has 0 aliphatic carbocycles. The van der Waals surface area contributed by atoms with Crippen molar-refractivity contribution in [1.82, 2.24) is 0 Å². The van der Waals surface area contributed by atoms with E-state index in [1.54, 1.807) is 12.2 Å². The fourth-order valence-corrected chi connectivity index (χ4v) is 1.05. The van der Waals surface area contributed by atoms with E-state index in [1.807, 2.05) is 30.3 Å². The minimum atomic E-state index is -0.332. The van der Waals surface area contributed by atoms with E-state index in [1.165, 1.54) is 6.92 Å². The summed E-state index contributed by atoms with van der Waals surface area (Å²) in [6.45, 7) is 4.94. The highest BCUT2D eigenvalue weighted by Gasteiger charge is 2.03. The Hall–Kier alpha value is -1.83. The van der Waals surface area contributed by atoms with Gasteiger partial charge in [0.1, 0.15) is 5.76 Å². The van der Waals surface area contributed by atoms with Crippen LogP contribution in [0.5, 0.6) is 0 Å². The van der Waals surface area contributed by atoms with E-state index < -0.39 is 0 Å². The van der Waals surface area contributed by atoms with Crippen molar-refractivity contribution >= 4 is 11.7 Å². The van der Waals surface area contributed by atoms with Crippen molar-refractivity contribution in [2.45, 2.75) is 6.92 Å². The van der Waals surface area contributed by atoms with Crippen LogP contribution in [0.4, 0.5) is 0 Å². The molecule has 0 saturated heterocycles. The van der Waals surface area contributed by atoms with Gasteiger partial charge in [0, 0.05) is 12.5 Å². The molecule has 0 aromatic heterocycles. The van der Waals surface area contributed by atoms with Gasteiger partial charge in [-0.2, -0.15) is 0 Å². The van der Waals surface area contributed by atoms with E-state index >= 15 is 0 Å². The summed E-state index contributed by atoms with van der Waals surface area (Å²) in [4.78, 5) is 10.8. The molecule has 0 aliphatic heterocycles. The van der Waals surface area contributed by atoms with E-state index in [2.05, 4.69) is 6.58 Å². The van der Waals surface area contributed by atoms with Gasteiger partial charge in [-0.05, 0) is 6.08 Å². The SMILES string of the molecule is C=CC=C(OC(C)=O)c1ccccc1. The van der Waals surface area contributed by atoms with Crippen molar-refractivity contribution in [1.29, 1.82) is 0 Å². The minimum absolute atomic E-state index is 0.332. The van der Waals surface area contributed by atoms with Crippen molar-refractivity contribution in [3.63, 3.8) is 0 Å². The molecule has 0 saturated carbocycles. The Morgan fingerprint density at radius 2 is 2.00 bits per heavy atom. The predicted octanol–water partition coefficient (Wildman–Crippen LogP) is 2.78. The van der Waals surface area contributed by atoms with E-state index in [4.69, 9.17) is 4.74 Å². The number of hydrogen-bond donors (Lipinski definition) is 0. The number of benzene rings is 1. The summed E-state index contributed by atoms with van der Waals surface area (Å²) in [6, 6.07) is 9.42. The normalized spacial score (nSPS) is 10.8. The van der Waals surface area contributed by atoms with Crippen LogP contribution >= 0.6 is 0 Å². The lowest BCUT2D eigenvalue weighted by Gasteiger charge is -2.05. The largest absolute Gasteiger partial charge is 0.426 e. The van der Waals surface area contributed by atoms with Crippen molar-refractivity contribution in [3.05, 3.63) is 54.6 Å². The molecule has 1 aromatic carbocycles. The molecule has 0 N–H and O–H groups in total.